The standard InChI is InChI=1S/C27H24N4O4/c1-16-8-7-13-23(25(16)26(32)33)31-17(2)29-30-24(31)14-28-27(34)35-15-22-20-11-5-3-9-18(20)19-10-4-6-12-21(19)22/h3-13,22H,14-15H2,1-2H3,(H,28,34)(H,32,33). The molecule has 0 atom stereocenters. The van der Waals surface area contributed by atoms with Gasteiger partial charge in [-0.25, -0.2) is 9.59 Å². The first-order chi connectivity index (χ1) is 17.0. The van der Waals surface area contributed by atoms with Crippen LogP contribution in [0.2, 0.25) is 0 Å². The van der Waals surface area contributed by atoms with Crippen molar-refractivity contribution in [3.05, 3.63) is 101 Å². The number of hydrogen-bond acceptors (Lipinski definition) is 5. The van der Waals surface area contributed by atoms with E-state index in [1.165, 1.54) is 0 Å². The second-order valence-corrected chi connectivity index (χ2v) is 8.45. The van der Waals surface area contributed by atoms with Crippen LogP contribution in [0.25, 0.3) is 16.8 Å². The quantitative estimate of drug-likeness (QED) is 0.428. The molecule has 1 aliphatic carbocycles. The van der Waals surface area contributed by atoms with E-state index < -0.39 is 12.1 Å². The highest BCUT2D eigenvalue weighted by Gasteiger charge is 2.29. The largest absolute Gasteiger partial charge is 0.478 e. The van der Waals surface area contributed by atoms with Gasteiger partial charge in [0, 0.05) is 5.92 Å². The Morgan fingerprint density at radius 2 is 1.60 bits per heavy atom. The highest BCUT2D eigenvalue weighted by molar-refractivity contribution is 5.93. The number of alkyl carbamates (subject to hydrolysis) is 1. The molecule has 4 aromatic rings. The number of carboxylic acid groups (broad SMARTS) is 1. The van der Waals surface area contributed by atoms with Gasteiger partial charge in [-0.05, 0) is 47.7 Å². The Balaban J connectivity index is 1.30. The molecule has 0 saturated carbocycles. The van der Waals surface area contributed by atoms with Crippen LogP contribution in [0.1, 0.15) is 44.6 Å². The monoisotopic (exact) mass is 468 g/mol. The van der Waals surface area contributed by atoms with Crippen LogP contribution in [0.15, 0.2) is 66.7 Å². The number of ether oxygens (including phenoxy) is 1. The SMILES string of the molecule is Cc1cccc(-n2c(C)nnc2CNC(=O)OCC2c3ccccc3-c3ccccc32)c1C(=O)O. The lowest BCUT2D eigenvalue weighted by atomic mass is 9.98. The van der Waals surface area contributed by atoms with E-state index in [0.29, 0.717) is 22.9 Å². The third-order valence-electron chi connectivity index (χ3n) is 6.33. The Morgan fingerprint density at radius 1 is 0.943 bits per heavy atom. The van der Waals surface area contributed by atoms with E-state index in [4.69, 9.17) is 4.74 Å². The summed E-state index contributed by atoms with van der Waals surface area (Å²) in [5.74, 6) is -0.155. The number of benzene rings is 3. The molecule has 1 amide bonds. The summed E-state index contributed by atoms with van der Waals surface area (Å²) >= 11 is 0. The molecule has 0 unspecified atom stereocenters. The highest BCUT2D eigenvalue weighted by atomic mass is 16.5. The molecule has 2 N–H and O–H groups in total. The Morgan fingerprint density at radius 3 is 2.26 bits per heavy atom. The molecule has 1 heterocycles. The summed E-state index contributed by atoms with van der Waals surface area (Å²) in [7, 11) is 0. The zero-order valence-electron chi connectivity index (χ0n) is 19.4. The van der Waals surface area contributed by atoms with Crippen molar-refractivity contribution in [1.82, 2.24) is 20.1 Å². The molecular formula is C27H24N4O4. The van der Waals surface area contributed by atoms with Crippen molar-refractivity contribution in [2.45, 2.75) is 26.3 Å². The number of aromatic carboxylic acids is 1. The molecule has 1 aromatic heterocycles. The summed E-state index contributed by atoms with van der Waals surface area (Å²) in [6.45, 7) is 3.70. The van der Waals surface area contributed by atoms with Crippen molar-refractivity contribution >= 4 is 12.1 Å². The molecule has 1 aliphatic rings. The maximum Gasteiger partial charge on any atom is 0.407 e. The van der Waals surface area contributed by atoms with Gasteiger partial charge in [-0.3, -0.25) is 4.57 Å². The molecule has 0 aliphatic heterocycles. The number of carbonyl (C=O) groups is 2. The Kier molecular flexibility index (Phi) is 5.78. The lowest BCUT2D eigenvalue weighted by molar-refractivity contribution is 0.0696. The topological polar surface area (TPSA) is 106 Å². The van der Waals surface area contributed by atoms with Crippen LogP contribution in [0, 0.1) is 13.8 Å². The van der Waals surface area contributed by atoms with Crippen molar-refractivity contribution in [3.63, 3.8) is 0 Å². The van der Waals surface area contributed by atoms with Gasteiger partial charge in [0.25, 0.3) is 0 Å². The predicted molar refractivity (Wildman–Crippen MR) is 130 cm³/mol. The molecule has 176 valence electrons. The molecule has 8 heteroatoms. The lowest BCUT2D eigenvalue weighted by Gasteiger charge is -2.15. The number of hydrogen-bond donors (Lipinski definition) is 2. The van der Waals surface area contributed by atoms with E-state index in [0.717, 1.165) is 22.3 Å². The zero-order chi connectivity index (χ0) is 24.5. The summed E-state index contributed by atoms with van der Waals surface area (Å²) in [5, 5.41) is 20.7. The van der Waals surface area contributed by atoms with Gasteiger partial charge < -0.3 is 15.2 Å². The average molecular weight is 469 g/mol. The number of carbonyl (C=O) groups excluding carboxylic acids is 1. The minimum absolute atomic E-state index is 0.0323. The van der Waals surface area contributed by atoms with Crippen LogP contribution in [0.3, 0.4) is 0 Å². The van der Waals surface area contributed by atoms with E-state index in [2.05, 4.69) is 39.8 Å². The molecule has 0 radical (unpaired) electrons. The minimum Gasteiger partial charge on any atom is -0.478 e. The second-order valence-electron chi connectivity index (χ2n) is 8.45. The molecule has 8 nitrogen and oxygen atoms in total. The fourth-order valence-corrected chi connectivity index (χ4v) is 4.75. The Hall–Kier alpha value is -4.46. The van der Waals surface area contributed by atoms with Crippen molar-refractivity contribution in [2.24, 2.45) is 0 Å². The number of amides is 1. The maximum atomic E-state index is 12.6. The zero-order valence-corrected chi connectivity index (χ0v) is 19.4. The molecule has 5 rings (SSSR count). The van der Waals surface area contributed by atoms with Crippen LogP contribution in [0.5, 0.6) is 0 Å². The number of carboxylic acids is 1. The van der Waals surface area contributed by atoms with Crippen molar-refractivity contribution < 1.29 is 19.4 Å². The van der Waals surface area contributed by atoms with Crippen LogP contribution in [-0.2, 0) is 11.3 Å². The fourth-order valence-electron chi connectivity index (χ4n) is 4.75. The highest BCUT2D eigenvalue weighted by Crippen LogP contribution is 2.44. The number of rotatable bonds is 6. The van der Waals surface area contributed by atoms with Crippen LogP contribution >= 0.6 is 0 Å². The summed E-state index contributed by atoms with van der Waals surface area (Å²) in [4.78, 5) is 24.5. The first kappa shape index (κ1) is 22.3. The molecule has 3 aromatic carbocycles. The van der Waals surface area contributed by atoms with Gasteiger partial charge in [-0.2, -0.15) is 0 Å². The van der Waals surface area contributed by atoms with E-state index in [-0.39, 0.29) is 24.6 Å². The van der Waals surface area contributed by atoms with E-state index >= 15 is 0 Å². The third kappa shape index (κ3) is 4.03. The van der Waals surface area contributed by atoms with Gasteiger partial charge in [0.1, 0.15) is 12.4 Å². The lowest BCUT2D eigenvalue weighted by Crippen LogP contribution is -2.27. The number of nitrogens with one attached hydrogen (secondary N) is 1. The first-order valence-electron chi connectivity index (χ1n) is 11.3. The first-order valence-corrected chi connectivity index (χ1v) is 11.3. The predicted octanol–water partition coefficient (Wildman–Crippen LogP) is 4.62. The summed E-state index contributed by atoms with van der Waals surface area (Å²) in [5.41, 5.74) is 5.83. The molecular weight excluding hydrogens is 444 g/mol. The average Bonchev–Trinajstić information content (AvgIpc) is 3.38. The van der Waals surface area contributed by atoms with Crippen LogP contribution < -0.4 is 5.32 Å². The molecule has 0 bridgehead atoms. The van der Waals surface area contributed by atoms with Crippen LogP contribution in [-0.4, -0.2) is 38.5 Å². The normalized spacial score (nSPS) is 12.2. The van der Waals surface area contributed by atoms with Gasteiger partial charge in [0.15, 0.2) is 5.82 Å². The van der Waals surface area contributed by atoms with Crippen molar-refractivity contribution in [3.8, 4) is 16.8 Å². The van der Waals surface area contributed by atoms with E-state index in [1.54, 1.807) is 36.6 Å². The number of aryl methyl sites for hydroxylation is 2. The molecule has 35 heavy (non-hydrogen) atoms. The fraction of sp³-hybridized carbons (Fsp3) is 0.185. The summed E-state index contributed by atoms with van der Waals surface area (Å²) in [6.07, 6.45) is -0.582. The van der Waals surface area contributed by atoms with Gasteiger partial charge in [0.2, 0.25) is 0 Å². The third-order valence-corrected chi connectivity index (χ3v) is 6.33. The Labute approximate surface area is 202 Å². The Bertz CT molecular complexity index is 1400. The number of nitrogens with zero attached hydrogens (tertiary/aromatic N) is 3. The smallest absolute Gasteiger partial charge is 0.407 e. The maximum absolute atomic E-state index is 12.6. The van der Waals surface area contributed by atoms with E-state index in [9.17, 15) is 14.7 Å². The second kappa shape index (κ2) is 9.06. The van der Waals surface area contributed by atoms with Crippen molar-refractivity contribution in [1.29, 1.82) is 0 Å². The minimum atomic E-state index is -1.04. The van der Waals surface area contributed by atoms with Gasteiger partial charge in [-0.15, -0.1) is 10.2 Å². The van der Waals surface area contributed by atoms with Crippen LogP contribution in [0.4, 0.5) is 4.79 Å². The van der Waals surface area contributed by atoms with Gasteiger partial charge in [-0.1, -0.05) is 60.7 Å². The molecule has 0 saturated heterocycles. The number of fused-ring (bicyclic) bond motifs is 3. The molecule has 0 spiro atoms. The van der Waals surface area contributed by atoms with E-state index in [1.807, 2.05) is 24.3 Å². The molecule has 0 fully saturated rings. The summed E-state index contributed by atoms with van der Waals surface area (Å²) < 4.78 is 7.23. The van der Waals surface area contributed by atoms with Crippen molar-refractivity contribution in [2.75, 3.05) is 6.61 Å². The van der Waals surface area contributed by atoms with Gasteiger partial charge >= 0.3 is 12.1 Å². The number of aromatic nitrogens is 3. The summed E-state index contributed by atoms with van der Waals surface area (Å²) in [6, 6.07) is 21.5. The van der Waals surface area contributed by atoms with Gasteiger partial charge in [0.05, 0.1) is 17.8 Å².